The predicted octanol–water partition coefficient (Wildman–Crippen LogP) is 2.09. The van der Waals surface area contributed by atoms with Gasteiger partial charge < -0.3 is 9.30 Å². The van der Waals surface area contributed by atoms with Gasteiger partial charge in [0.25, 0.3) is 0 Å². The smallest absolute Gasteiger partial charge is 0.306 e. The molecule has 1 rings (SSSR count). The highest BCUT2D eigenvalue weighted by atomic mass is 32.2. The Morgan fingerprint density at radius 1 is 1.69 bits per heavy atom. The number of rotatable bonds is 6. The summed E-state index contributed by atoms with van der Waals surface area (Å²) in [6, 6.07) is 0. The summed E-state index contributed by atoms with van der Waals surface area (Å²) in [5.41, 5.74) is 1.20. The van der Waals surface area contributed by atoms with E-state index in [4.69, 9.17) is 0 Å². The van der Waals surface area contributed by atoms with Gasteiger partial charge in [-0.15, -0.1) is 0 Å². The molecule has 1 heterocycles. The molecule has 1 aromatic rings. The van der Waals surface area contributed by atoms with E-state index in [1.807, 2.05) is 19.4 Å². The average Bonchev–Trinajstić information content (AvgIpc) is 2.73. The van der Waals surface area contributed by atoms with E-state index in [0.717, 1.165) is 12.3 Å². The molecular formula is C11H18N2O2S. The number of thioether (sulfide) groups is 1. The lowest BCUT2D eigenvalue weighted by Crippen LogP contribution is -2.09. The third-order valence-corrected chi connectivity index (χ3v) is 3.53. The molecule has 1 atom stereocenters. The summed E-state index contributed by atoms with van der Waals surface area (Å²) in [4.78, 5) is 15.2. The largest absolute Gasteiger partial charge is 0.469 e. The Bertz CT molecular complexity index is 338. The van der Waals surface area contributed by atoms with Crippen molar-refractivity contribution in [3.63, 3.8) is 0 Å². The summed E-state index contributed by atoms with van der Waals surface area (Å²) in [5.74, 6) is 0.732. The number of hydrogen-bond acceptors (Lipinski definition) is 4. The zero-order chi connectivity index (χ0) is 12.0. The number of aryl methyl sites for hydroxylation is 1. The quantitative estimate of drug-likeness (QED) is 0.716. The monoisotopic (exact) mass is 242 g/mol. The van der Waals surface area contributed by atoms with Gasteiger partial charge in [-0.1, -0.05) is 6.92 Å². The Morgan fingerprint density at radius 2 is 2.44 bits per heavy atom. The summed E-state index contributed by atoms with van der Waals surface area (Å²) < 4.78 is 6.74. The van der Waals surface area contributed by atoms with E-state index in [2.05, 4.69) is 21.2 Å². The van der Waals surface area contributed by atoms with Crippen molar-refractivity contribution in [1.29, 1.82) is 0 Å². The summed E-state index contributed by atoms with van der Waals surface area (Å²) in [6.45, 7) is 5.06. The van der Waals surface area contributed by atoms with Gasteiger partial charge >= 0.3 is 5.97 Å². The molecule has 0 aliphatic heterocycles. The molecule has 0 radical (unpaired) electrons. The van der Waals surface area contributed by atoms with Crippen LogP contribution in [-0.4, -0.2) is 27.9 Å². The second-order valence-electron chi connectivity index (χ2n) is 3.57. The Kier molecular flexibility index (Phi) is 5.38. The van der Waals surface area contributed by atoms with Gasteiger partial charge in [0, 0.05) is 29.4 Å². The number of nitrogens with zero attached hydrogens (tertiary/aromatic N) is 2. The van der Waals surface area contributed by atoms with E-state index in [1.54, 1.807) is 11.8 Å². The van der Waals surface area contributed by atoms with Gasteiger partial charge in [0.05, 0.1) is 19.9 Å². The average molecular weight is 242 g/mol. The second-order valence-corrected chi connectivity index (χ2v) is 5.00. The number of imidazole rings is 1. The van der Waals surface area contributed by atoms with Crippen LogP contribution in [0.2, 0.25) is 0 Å². The fraction of sp³-hybridized carbons (Fsp3) is 0.636. The van der Waals surface area contributed by atoms with Crippen molar-refractivity contribution >= 4 is 17.7 Å². The van der Waals surface area contributed by atoms with Gasteiger partial charge in [0.15, 0.2) is 0 Å². The number of hydrogen-bond donors (Lipinski definition) is 0. The third-order valence-electron chi connectivity index (χ3n) is 2.34. The van der Waals surface area contributed by atoms with Gasteiger partial charge in [-0.05, 0) is 6.92 Å². The van der Waals surface area contributed by atoms with Crippen molar-refractivity contribution in [2.45, 2.75) is 37.8 Å². The van der Waals surface area contributed by atoms with E-state index in [1.165, 1.54) is 12.8 Å². The molecule has 0 saturated carbocycles. The number of carbonyl (C=O) groups is 1. The molecule has 90 valence electrons. The zero-order valence-electron chi connectivity index (χ0n) is 9.97. The normalized spacial score (nSPS) is 12.4. The topological polar surface area (TPSA) is 44.1 Å². The van der Waals surface area contributed by atoms with E-state index in [-0.39, 0.29) is 11.2 Å². The van der Waals surface area contributed by atoms with Crippen LogP contribution in [-0.2, 0) is 21.8 Å². The van der Waals surface area contributed by atoms with Crippen molar-refractivity contribution in [2.24, 2.45) is 0 Å². The molecule has 1 unspecified atom stereocenters. The Balaban J connectivity index is 2.36. The van der Waals surface area contributed by atoms with Crippen LogP contribution in [0.15, 0.2) is 12.5 Å². The molecule has 0 aliphatic carbocycles. The predicted molar refractivity (Wildman–Crippen MR) is 65.3 cm³/mol. The van der Waals surface area contributed by atoms with Gasteiger partial charge in [0.2, 0.25) is 0 Å². The van der Waals surface area contributed by atoms with E-state index >= 15 is 0 Å². The Morgan fingerprint density at radius 3 is 3.06 bits per heavy atom. The molecule has 0 saturated heterocycles. The minimum atomic E-state index is -0.149. The first kappa shape index (κ1) is 13.1. The Labute approximate surface area is 100 Å². The van der Waals surface area contributed by atoms with Crippen molar-refractivity contribution in [3.8, 4) is 0 Å². The second kappa shape index (κ2) is 6.58. The molecular weight excluding hydrogens is 224 g/mol. The maximum atomic E-state index is 11.1. The molecule has 0 aliphatic rings. The maximum Gasteiger partial charge on any atom is 0.306 e. The molecule has 0 amide bonds. The number of aromatic nitrogens is 2. The summed E-state index contributed by atoms with van der Waals surface area (Å²) >= 11 is 1.75. The van der Waals surface area contributed by atoms with Gasteiger partial charge in [-0.25, -0.2) is 4.98 Å². The molecule has 5 heteroatoms. The number of esters is 1. The van der Waals surface area contributed by atoms with Crippen LogP contribution in [0.5, 0.6) is 0 Å². The standard InChI is InChI=1S/C11H18N2O2S/c1-4-13-8-12-6-10(13)7-16-9(2)5-11(14)15-3/h6,8-9H,4-5,7H2,1-3H3. The highest BCUT2D eigenvalue weighted by Crippen LogP contribution is 2.20. The van der Waals surface area contributed by atoms with Crippen molar-refractivity contribution in [1.82, 2.24) is 9.55 Å². The van der Waals surface area contributed by atoms with E-state index < -0.39 is 0 Å². The minimum absolute atomic E-state index is 0.149. The Hall–Kier alpha value is -0.970. The van der Waals surface area contributed by atoms with Crippen LogP contribution in [0.1, 0.15) is 26.0 Å². The lowest BCUT2D eigenvalue weighted by atomic mass is 10.3. The number of methoxy groups -OCH3 is 1. The summed E-state index contributed by atoms with van der Waals surface area (Å²) in [7, 11) is 1.42. The van der Waals surface area contributed by atoms with Crippen molar-refractivity contribution < 1.29 is 9.53 Å². The minimum Gasteiger partial charge on any atom is -0.469 e. The summed E-state index contributed by atoms with van der Waals surface area (Å²) in [6.07, 6.45) is 4.17. The first-order valence-corrected chi connectivity index (χ1v) is 6.39. The maximum absolute atomic E-state index is 11.1. The van der Waals surface area contributed by atoms with Gasteiger partial charge in [0.1, 0.15) is 0 Å². The highest BCUT2D eigenvalue weighted by Gasteiger charge is 2.10. The number of ether oxygens (including phenoxy) is 1. The third kappa shape index (κ3) is 3.89. The molecule has 0 aromatic carbocycles. The zero-order valence-corrected chi connectivity index (χ0v) is 10.8. The van der Waals surface area contributed by atoms with Crippen LogP contribution in [0.4, 0.5) is 0 Å². The van der Waals surface area contributed by atoms with Crippen LogP contribution in [0.3, 0.4) is 0 Å². The van der Waals surface area contributed by atoms with Crippen LogP contribution < -0.4 is 0 Å². The molecule has 0 bridgehead atoms. The fourth-order valence-electron chi connectivity index (χ4n) is 1.36. The van der Waals surface area contributed by atoms with Crippen LogP contribution >= 0.6 is 11.8 Å². The lowest BCUT2D eigenvalue weighted by molar-refractivity contribution is -0.140. The van der Waals surface area contributed by atoms with Crippen molar-refractivity contribution in [2.75, 3.05) is 7.11 Å². The molecule has 0 N–H and O–H groups in total. The first-order chi connectivity index (χ1) is 7.67. The molecule has 0 spiro atoms. The van der Waals surface area contributed by atoms with Crippen molar-refractivity contribution in [3.05, 3.63) is 18.2 Å². The van der Waals surface area contributed by atoms with Crippen LogP contribution in [0.25, 0.3) is 0 Å². The van der Waals surface area contributed by atoms with E-state index in [9.17, 15) is 4.79 Å². The van der Waals surface area contributed by atoms with Gasteiger partial charge in [-0.2, -0.15) is 11.8 Å². The number of carbonyl (C=O) groups excluding carboxylic acids is 1. The highest BCUT2D eigenvalue weighted by molar-refractivity contribution is 7.99. The van der Waals surface area contributed by atoms with Crippen LogP contribution in [0, 0.1) is 0 Å². The molecule has 0 fully saturated rings. The molecule has 1 aromatic heterocycles. The molecule has 16 heavy (non-hydrogen) atoms. The lowest BCUT2D eigenvalue weighted by Gasteiger charge is -2.10. The fourth-order valence-corrected chi connectivity index (χ4v) is 2.31. The summed E-state index contributed by atoms with van der Waals surface area (Å²) in [5, 5.41) is 0.271. The SMILES string of the molecule is CCn1cncc1CSC(C)CC(=O)OC. The van der Waals surface area contributed by atoms with Gasteiger partial charge in [-0.3, -0.25) is 4.79 Å². The first-order valence-electron chi connectivity index (χ1n) is 5.34. The van der Waals surface area contributed by atoms with E-state index in [0.29, 0.717) is 6.42 Å². The molecule has 4 nitrogen and oxygen atoms in total.